The molecule has 1 aliphatic heterocycles. The number of rotatable bonds is 6. The molecule has 2 amide bonds. The Hall–Kier alpha value is -3.02. The van der Waals surface area contributed by atoms with Crippen molar-refractivity contribution in [2.24, 2.45) is 5.92 Å². The molecule has 2 aromatic carbocycles. The second-order valence-corrected chi connectivity index (χ2v) is 6.94. The molecule has 3 rings (SSSR count). The Morgan fingerprint density at radius 3 is 2.46 bits per heavy atom. The minimum absolute atomic E-state index is 0.000769. The van der Waals surface area contributed by atoms with Crippen molar-refractivity contribution in [2.75, 3.05) is 26.7 Å². The van der Waals surface area contributed by atoms with E-state index >= 15 is 0 Å². The molecule has 0 saturated carbocycles. The molecule has 1 N–H and O–H groups in total. The third-order valence-electron chi connectivity index (χ3n) is 4.91. The van der Waals surface area contributed by atoms with Crippen molar-refractivity contribution in [3.63, 3.8) is 0 Å². The molecule has 1 heterocycles. The van der Waals surface area contributed by atoms with Crippen LogP contribution in [-0.4, -0.2) is 43.6 Å². The van der Waals surface area contributed by atoms with E-state index in [1.165, 1.54) is 0 Å². The minimum Gasteiger partial charge on any atom is -0.497 e. The molecule has 6 nitrogen and oxygen atoms in total. The predicted molar refractivity (Wildman–Crippen MR) is 106 cm³/mol. The van der Waals surface area contributed by atoms with Crippen LogP contribution in [0.15, 0.2) is 54.6 Å². The van der Waals surface area contributed by atoms with E-state index in [9.17, 15) is 9.59 Å². The van der Waals surface area contributed by atoms with Crippen molar-refractivity contribution < 1.29 is 19.1 Å². The summed E-state index contributed by atoms with van der Waals surface area (Å²) >= 11 is 0. The molecule has 28 heavy (non-hydrogen) atoms. The van der Waals surface area contributed by atoms with Gasteiger partial charge in [-0.05, 0) is 48.6 Å². The van der Waals surface area contributed by atoms with Gasteiger partial charge in [0, 0.05) is 19.6 Å². The van der Waals surface area contributed by atoms with Crippen molar-refractivity contribution in [1.29, 1.82) is 0 Å². The first-order valence-corrected chi connectivity index (χ1v) is 9.55. The van der Waals surface area contributed by atoms with Gasteiger partial charge in [0.25, 0.3) is 0 Å². The highest BCUT2D eigenvalue weighted by atomic mass is 16.6. The fraction of sp³-hybridized carbons (Fsp3) is 0.364. The Morgan fingerprint density at radius 1 is 1.04 bits per heavy atom. The second kappa shape index (κ2) is 9.78. The van der Waals surface area contributed by atoms with Crippen molar-refractivity contribution in [2.45, 2.75) is 19.3 Å². The molecular weight excluding hydrogens is 356 g/mol. The Labute approximate surface area is 165 Å². The highest BCUT2D eigenvalue weighted by Crippen LogP contribution is 2.19. The Balaban J connectivity index is 1.38. The van der Waals surface area contributed by atoms with Gasteiger partial charge >= 0.3 is 6.09 Å². The normalized spacial score (nSPS) is 14.4. The predicted octanol–water partition coefficient (Wildman–Crippen LogP) is 3.26. The summed E-state index contributed by atoms with van der Waals surface area (Å²) in [6.45, 7) is 1.91. The summed E-state index contributed by atoms with van der Waals surface area (Å²) in [5, 5.41) is 3.01. The van der Waals surface area contributed by atoms with Gasteiger partial charge in [-0.25, -0.2) is 4.79 Å². The van der Waals surface area contributed by atoms with Gasteiger partial charge in [-0.15, -0.1) is 0 Å². The Kier molecular flexibility index (Phi) is 6.89. The average molecular weight is 382 g/mol. The van der Waals surface area contributed by atoms with Crippen LogP contribution >= 0.6 is 0 Å². The van der Waals surface area contributed by atoms with E-state index in [2.05, 4.69) is 5.32 Å². The van der Waals surface area contributed by atoms with Gasteiger partial charge in [-0.1, -0.05) is 30.3 Å². The lowest BCUT2D eigenvalue weighted by atomic mass is 9.97. The van der Waals surface area contributed by atoms with E-state index in [1.54, 1.807) is 24.1 Å². The zero-order valence-corrected chi connectivity index (χ0v) is 16.1. The zero-order valence-electron chi connectivity index (χ0n) is 16.1. The molecule has 1 fully saturated rings. The number of amides is 2. The van der Waals surface area contributed by atoms with Crippen LogP contribution in [0.1, 0.15) is 18.4 Å². The lowest BCUT2D eigenvalue weighted by Crippen LogP contribution is -2.42. The molecule has 0 radical (unpaired) electrons. The molecule has 6 heteroatoms. The maximum Gasteiger partial charge on any atom is 0.415 e. The summed E-state index contributed by atoms with van der Waals surface area (Å²) in [5.41, 5.74) is 0.926. The standard InChI is InChI=1S/C22H26N2O4/c1-27-20-9-5-6-18(14-20)15-21(25)23-16-17-10-12-24(13-11-17)22(26)28-19-7-3-2-4-8-19/h2-9,14,17H,10-13,15-16H2,1H3,(H,23,25). The number of hydrogen-bond acceptors (Lipinski definition) is 4. The zero-order chi connectivity index (χ0) is 19.8. The summed E-state index contributed by atoms with van der Waals surface area (Å²) in [6, 6.07) is 16.6. The largest absolute Gasteiger partial charge is 0.497 e. The monoisotopic (exact) mass is 382 g/mol. The number of carbonyl (C=O) groups excluding carboxylic acids is 2. The lowest BCUT2D eigenvalue weighted by molar-refractivity contribution is -0.120. The number of likely N-dealkylation sites (tertiary alicyclic amines) is 1. The maximum absolute atomic E-state index is 12.2. The third kappa shape index (κ3) is 5.74. The van der Waals surface area contributed by atoms with Gasteiger partial charge < -0.3 is 19.7 Å². The first-order valence-electron chi connectivity index (χ1n) is 9.55. The number of ether oxygens (including phenoxy) is 2. The van der Waals surface area contributed by atoms with E-state index < -0.39 is 0 Å². The maximum atomic E-state index is 12.2. The van der Waals surface area contributed by atoms with Gasteiger partial charge in [0.05, 0.1) is 13.5 Å². The van der Waals surface area contributed by atoms with Crippen LogP contribution in [0.2, 0.25) is 0 Å². The number of nitrogens with zero attached hydrogens (tertiary/aromatic N) is 1. The van der Waals surface area contributed by atoms with Gasteiger partial charge in [0.2, 0.25) is 5.91 Å². The van der Waals surface area contributed by atoms with Crippen LogP contribution in [0.3, 0.4) is 0 Å². The molecule has 0 aliphatic carbocycles. The van der Waals surface area contributed by atoms with Crippen LogP contribution in [0.4, 0.5) is 4.79 Å². The van der Waals surface area contributed by atoms with E-state index in [-0.39, 0.29) is 12.0 Å². The van der Waals surface area contributed by atoms with Crippen LogP contribution < -0.4 is 14.8 Å². The van der Waals surface area contributed by atoms with Crippen molar-refractivity contribution >= 4 is 12.0 Å². The molecule has 0 atom stereocenters. The first kappa shape index (κ1) is 19.7. The molecule has 0 aromatic heterocycles. The molecule has 1 aliphatic rings. The molecule has 1 saturated heterocycles. The highest BCUT2D eigenvalue weighted by molar-refractivity contribution is 5.78. The summed E-state index contributed by atoms with van der Waals surface area (Å²) in [5.74, 6) is 1.67. The summed E-state index contributed by atoms with van der Waals surface area (Å²) in [7, 11) is 1.61. The van der Waals surface area contributed by atoms with Crippen molar-refractivity contribution in [3.05, 3.63) is 60.2 Å². The topological polar surface area (TPSA) is 67.9 Å². The minimum atomic E-state index is -0.313. The Bertz CT molecular complexity index is 786. The van der Waals surface area contributed by atoms with Gasteiger partial charge in [-0.2, -0.15) is 0 Å². The second-order valence-electron chi connectivity index (χ2n) is 6.94. The summed E-state index contributed by atoms with van der Waals surface area (Å²) in [6.07, 6.45) is 1.72. The average Bonchev–Trinajstić information content (AvgIpc) is 2.73. The number of hydrogen-bond donors (Lipinski definition) is 1. The van der Waals surface area contributed by atoms with Gasteiger partial charge in [-0.3, -0.25) is 4.79 Å². The van der Waals surface area contributed by atoms with Crippen LogP contribution in [0, 0.1) is 5.92 Å². The quantitative estimate of drug-likeness (QED) is 0.833. The van der Waals surface area contributed by atoms with Crippen LogP contribution in [0.5, 0.6) is 11.5 Å². The fourth-order valence-electron chi connectivity index (χ4n) is 3.26. The molecular formula is C22H26N2O4. The molecule has 0 unspecified atom stereocenters. The lowest BCUT2D eigenvalue weighted by Gasteiger charge is -2.31. The third-order valence-corrected chi connectivity index (χ3v) is 4.91. The number of piperidine rings is 1. The van der Waals surface area contributed by atoms with E-state index in [0.29, 0.717) is 37.7 Å². The van der Waals surface area contributed by atoms with Crippen molar-refractivity contribution in [1.82, 2.24) is 10.2 Å². The fourth-order valence-corrected chi connectivity index (χ4v) is 3.26. The number of nitrogens with one attached hydrogen (secondary N) is 1. The molecule has 148 valence electrons. The summed E-state index contributed by atoms with van der Waals surface area (Å²) < 4.78 is 10.6. The van der Waals surface area contributed by atoms with E-state index in [0.717, 1.165) is 24.2 Å². The Morgan fingerprint density at radius 2 is 1.75 bits per heavy atom. The SMILES string of the molecule is COc1cccc(CC(=O)NCC2CCN(C(=O)Oc3ccccc3)CC2)c1. The van der Waals surface area contributed by atoms with Crippen LogP contribution in [0.25, 0.3) is 0 Å². The number of para-hydroxylation sites is 1. The molecule has 0 bridgehead atoms. The van der Waals surface area contributed by atoms with Gasteiger partial charge in [0.15, 0.2) is 0 Å². The highest BCUT2D eigenvalue weighted by Gasteiger charge is 2.24. The van der Waals surface area contributed by atoms with Crippen molar-refractivity contribution in [3.8, 4) is 11.5 Å². The number of carbonyl (C=O) groups is 2. The van der Waals surface area contributed by atoms with E-state index in [1.807, 2.05) is 42.5 Å². The molecule has 0 spiro atoms. The number of methoxy groups -OCH3 is 1. The summed E-state index contributed by atoms with van der Waals surface area (Å²) in [4.78, 5) is 26.1. The van der Waals surface area contributed by atoms with Gasteiger partial charge in [0.1, 0.15) is 11.5 Å². The van der Waals surface area contributed by atoms with Crippen LogP contribution in [-0.2, 0) is 11.2 Å². The molecule has 2 aromatic rings. The number of benzene rings is 2. The smallest absolute Gasteiger partial charge is 0.415 e. The first-order chi connectivity index (χ1) is 13.6. The van der Waals surface area contributed by atoms with E-state index in [4.69, 9.17) is 9.47 Å².